The van der Waals surface area contributed by atoms with Crippen molar-refractivity contribution in [3.8, 4) is 0 Å². The van der Waals surface area contributed by atoms with Crippen molar-refractivity contribution in [3.05, 3.63) is 182 Å². The second-order valence-corrected chi connectivity index (χ2v) is 26.9. The molecule has 0 N–H and O–H groups in total. The fourth-order valence-electron chi connectivity index (χ4n) is 6.82. The molecular weight excluding hydrogens is 671 g/mol. The fourth-order valence-corrected chi connectivity index (χ4v) is 25.1. The van der Waals surface area contributed by atoms with E-state index < -0.39 is 30.9 Å². The number of hydrogen-bond acceptors (Lipinski definition) is 3. The summed E-state index contributed by atoms with van der Waals surface area (Å²) in [4.78, 5) is 0. The molecule has 0 saturated carbocycles. The Morgan fingerprint density at radius 3 is 0.857 bits per heavy atom. The molecule has 0 radical (unpaired) electrons. The average molecular weight is 715 g/mol. The summed E-state index contributed by atoms with van der Waals surface area (Å²) >= 11 is 0. The Hall–Kier alpha value is -3.83. The van der Waals surface area contributed by atoms with Crippen LogP contribution in [0.15, 0.2) is 182 Å². The van der Waals surface area contributed by atoms with E-state index in [1.54, 1.807) is 0 Å². The Kier molecular flexibility index (Phi) is 11.0. The highest BCUT2D eigenvalue weighted by molar-refractivity contribution is 7.79. The maximum atomic E-state index is 15.2. The summed E-state index contributed by atoms with van der Waals surface area (Å²) in [6.07, 6.45) is 1.01. The summed E-state index contributed by atoms with van der Waals surface area (Å²) in [5.41, 5.74) is 0. The maximum absolute atomic E-state index is 15.2. The van der Waals surface area contributed by atoms with Crippen molar-refractivity contribution in [1.82, 2.24) is 0 Å². The first kappa shape index (κ1) is 35.0. The first-order valence-electron chi connectivity index (χ1n) is 17.0. The van der Waals surface area contributed by atoms with Crippen LogP contribution < -0.4 is 31.6 Å². The molecule has 0 fully saturated rings. The number of benzene rings is 6. The minimum atomic E-state index is -2.97. The lowest BCUT2D eigenvalue weighted by atomic mass is 10.4. The fraction of sp³-hybridized carbons (Fsp3) is 0.143. The minimum Gasteiger partial charge on any atom is -0.448 e. The summed E-state index contributed by atoms with van der Waals surface area (Å²) in [6, 6.07) is 62.3. The van der Waals surface area contributed by atoms with E-state index in [1.807, 2.05) is 133 Å². The van der Waals surface area contributed by atoms with Crippen molar-refractivity contribution >= 4 is 62.5 Å². The van der Waals surface area contributed by atoms with E-state index >= 15 is 9.13 Å². The van der Waals surface area contributed by atoms with Crippen LogP contribution in [0.1, 0.15) is 0 Å². The van der Waals surface area contributed by atoms with Gasteiger partial charge in [0, 0.05) is 33.5 Å². The molecule has 0 heterocycles. The third-order valence-electron chi connectivity index (χ3n) is 9.72. The van der Waals surface area contributed by atoms with Crippen molar-refractivity contribution in [2.24, 2.45) is 0 Å². The number of hydrogen-bond donors (Lipinski definition) is 0. The van der Waals surface area contributed by atoms with Crippen LogP contribution in [-0.4, -0.2) is 29.0 Å². The SMILES string of the molecule is C[Si](CCP(=O)(c1ccccc1)c1ccccc1)(O[Si](C)(CCP(=O)(c1ccccc1)c1ccccc1)c1ccccc1)c1ccccc1. The highest BCUT2D eigenvalue weighted by atomic mass is 31.2. The van der Waals surface area contributed by atoms with E-state index in [-0.39, 0.29) is 0 Å². The predicted molar refractivity (Wildman–Crippen MR) is 215 cm³/mol. The molecule has 248 valence electrons. The van der Waals surface area contributed by atoms with Crippen LogP contribution >= 0.6 is 14.3 Å². The van der Waals surface area contributed by atoms with E-state index in [0.29, 0.717) is 24.4 Å². The summed E-state index contributed by atoms with van der Waals surface area (Å²) < 4.78 is 38.3. The molecule has 0 aliphatic carbocycles. The lowest BCUT2D eigenvalue weighted by Crippen LogP contribution is -2.61. The third-order valence-corrected chi connectivity index (χ3v) is 25.9. The van der Waals surface area contributed by atoms with Gasteiger partial charge in [0.1, 0.15) is 14.3 Å². The Balaban J connectivity index is 1.41. The van der Waals surface area contributed by atoms with Crippen LogP contribution in [0.25, 0.3) is 0 Å². The molecule has 0 aromatic heterocycles. The Bertz CT molecular complexity index is 1780. The van der Waals surface area contributed by atoms with Crippen molar-refractivity contribution < 1.29 is 13.2 Å². The van der Waals surface area contributed by atoms with Gasteiger partial charge in [-0.1, -0.05) is 182 Å². The van der Waals surface area contributed by atoms with Crippen molar-refractivity contribution in [1.29, 1.82) is 0 Å². The van der Waals surface area contributed by atoms with Crippen LogP contribution in [0.3, 0.4) is 0 Å². The summed E-state index contributed by atoms with van der Waals surface area (Å²) in [7, 11) is -11.5. The number of rotatable bonds is 14. The van der Waals surface area contributed by atoms with Gasteiger partial charge in [-0.25, -0.2) is 0 Å². The average Bonchev–Trinajstić information content (AvgIpc) is 3.18. The smallest absolute Gasteiger partial charge is 0.209 e. The second kappa shape index (κ2) is 15.4. The van der Waals surface area contributed by atoms with E-state index in [9.17, 15) is 0 Å². The third kappa shape index (κ3) is 7.83. The summed E-state index contributed by atoms with van der Waals surface area (Å²) in [5, 5.41) is 5.87. The highest BCUT2D eigenvalue weighted by Gasteiger charge is 2.45. The van der Waals surface area contributed by atoms with E-state index in [1.165, 1.54) is 10.4 Å². The zero-order chi connectivity index (χ0) is 34.2. The molecule has 0 aliphatic heterocycles. The first-order chi connectivity index (χ1) is 23.8. The minimum absolute atomic E-state index is 0.504. The molecule has 7 heteroatoms. The van der Waals surface area contributed by atoms with Crippen LogP contribution in [0.5, 0.6) is 0 Å². The van der Waals surface area contributed by atoms with Gasteiger partial charge in [0.25, 0.3) is 0 Å². The monoisotopic (exact) mass is 714 g/mol. The van der Waals surface area contributed by atoms with E-state index in [0.717, 1.165) is 21.2 Å². The lowest BCUT2D eigenvalue weighted by Gasteiger charge is -2.40. The standard InChI is InChI=1S/C42H44O3P2Si2/c1-48(41-29-17-7-18-30-41,35-33-46(43,37-21-9-3-10-22-37)38-23-11-4-12-24-38)45-49(2,42-31-19-8-20-32-42)36-34-47(44,39-25-13-5-14-26-39)40-27-15-6-16-28-40/h3-32H,33-36H2,1-2H3. The predicted octanol–water partition coefficient (Wildman–Crippen LogP) is 8.00. The quantitative estimate of drug-likeness (QED) is 0.0849. The lowest BCUT2D eigenvalue weighted by molar-refractivity contribution is 0.552. The van der Waals surface area contributed by atoms with E-state index in [4.69, 9.17) is 4.12 Å². The van der Waals surface area contributed by atoms with Gasteiger partial charge in [-0.05, 0) is 35.6 Å². The van der Waals surface area contributed by atoms with E-state index in [2.05, 4.69) is 61.6 Å². The first-order valence-corrected chi connectivity index (χ1v) is 26.0. The normalized spacial score (nSPS) is 14.4. The van der Waals surface area contributed by atoms with Gasteiger partial charge in [0.2, 0.25) is 16.6 Å². The zero-order valence-electron chi connectivity index (χ0n) is 28.3. The van der Waals surface area contributed by atoms with Crippen molar-refractivity contribution in [2.45, 2.75) is 25.2 Å². The topological polar surface area (TPSA) is 43.4 Å². The molecule has 6 aromatic carbocycles. The van der Waals surface area contributed by atoms with Crippen LogP contribution in [0.2, 0.25) is 25.2 Å². The molecule has 2 unspecified atom stereocenters. The van der Waals surface area contributed by atoms with Crippen molar-refractivity contribution in [2.75, 3.05) is 12.3 Å². The van der Waals surface area contributed by atoms with Crippen molar-refractivity contribution in [3.63, 3.8) is 0 Å². The van der Waals surface area contributed by atoms with Gasteiger partial charge in [-0.2, -0.15) is 0 Å². The molecule has 6 rings (SSSR count). The Morgan fingerprint density at radius 2 is 0.612 bits per heavy atom. The molecule has 49 heavy (non-hydrogen) atoms. The molecule has 0 spiro atoms. The Morgan fingerprint density at radius 1 is 0.388 bits per heavy atom. The summed E-state index contributed by atoms with van der Waals surface area (Å²) in [6.45, 7) is 4.59. The zero-order valence-corrected chi connectivity index (χ0v) is 32.1. The summed E-state index contributed by atoms with van der Waals surface area (Å²) in [5.74, 6) is 0. The maximum Gasteiger partial charge on any atom is 0.209 e. The molecule has 0 saturated heterocycles. The molecule has 0 amide bonds. The molecule has 3 nitrogen and oxygen atoms in total. The Labute approximate surface area is 294 Å². The van der Waals surface area contributed by atoms with Crippen LogP contribution in [-0.2, 0) is 13.2 Å². The van der Waals surface area contributed by atoms with Gasteiger partial charge in [-0.3, -0.25) is 0 Å². The molecule has 6 aromatic rings. The van der Waals surface area contributed by atoms with Gasteiger partial charge in [-0.15, -0.1) is 0 Å². The molecular formula is C42H44O3P2Si2. The molecule has 0 bridgehead atoms. The largest absolute Gasteiger partial charge is 0.448 e. The van der Waals surface area contributed by atoms with Gasteiger partial charge in [0.15, 0.2) is 0 Å². The molecule has 2 atom stereocenters. The second-order valence-electron chi connectivity index (χ2n) is 13.1. The highest BCUT2D eigenvalue weighted by Crippen LogP contribution is 2.47. The van der Waals surface area contributed by atoms with Gasteiger partial charge >= 0.3 is 0 Å². The van der Waals surface area contributed by atoms with Gasteiger partial charge in [0.05, 0.1) is 0 Å². The van der Waals surface area contributed by atoms with Crippen LogP contribution in [0, 0.1) is 0 Å². The molecule has 0 aliphatic rings. The van der Waals surface area contributed by atoms with Gasteiger partial charge < -0.3 is 13.2 Å². The van der Waals surface area contributed by atoms with Crippen LogP contribution in [0.4, 0.5) is 0 Å².